The van der Waals surface area contributed by atoms with Crippen LogP contribution in [0, 0.1) is 0 Å². The van der Waals surface area contributed by atoms with E-state index < -0.39 is 10.0 Å². The number of Topliss-reactive ketones (excluding diaryl/α,β-unsaturated/α-hetero) is 1. The Bertz CT molecular complexity index is 765. The second-order valence-corrected chi connectivity index (χ2v) is 6.03. The van der Waals surface area contributed by atoms with Crippen LogP contribution in [0.2, 0.25) is 0 Å². The van der Waals surface area contributed by atoms with Crippen LogP contribution in [0.5, 0.6) is 0 Å². The first-order valence-corrected chi connectivity index (χ1v) is 7.88. The Morgan fingerprint density at radius 2 is 1.62 bits per heavy atom. The van der Waals surface area contributed by atoms with E-state index in [0.717, 1.165) is 11.0 Å². The molecule has 0 aliphatic rings. The fourth-order valence-electron chi connectivity index (χ4n) is 1.80. The second kappa shape index (κ2) is 6.37. The molecule has 0 bridgehead atoms. The van der Waals surface area contributed by atoms with Gasteiger partial charge in [-0.3, -0.25) is 9.52 Å². The molecule has 0 heterocycles. The van der Waals surface area contributed by atoms with Crippen LogP contribution in [0.25, 0.3) is 6.08 Å². The molecule has 2 aromatic rings. The third-order valence-corrected chi connectivity index (χ3v) is 3.80. The van der Waals surface area contributed by atoms with Crippen molar-refractivity contribution < 1.29 is 13.2 Å². The first-order chi connectivity index (χ1) is 9.98. The van der Waals surface area contributed by atoms with Crippen molar-refractivity contribution in [2.45, 2.75) is 6.92 Å². The summed E-state index contributed by atoms with van der Waals surface area (Å²) in [7, 11) is -3.67. The minimum Gasteiger partial charge on any atom is -0.294 e. The zero-order valence-corrected chi connectivity index (χ0v) is 12.3. The van der Waals surface area contributed by atoms with Gasteiger partial charge in [0.2, 0.25) is 0 Å². The Hall–Kier alpha value is -2.40. The van der Waals surface area contributed by atoms with E-state index in [2.05, 4.69) is 4.72 Å². The number of benzene rings is 2. The molecule has 4 nitrogen and oxygen atoms in total. The molecule has 0 aliphatic heterocycles. The lowest BCUT2D eigenvalue weighted by atomic mass is 10.1. The summed E-state index contributed by atoms with van der Waals surface area (Å²) in [6.45, 7) is 1.40. The first kappa shape index (κ1) is 15.0. The highest BCUT2D eigenvalue weighted by molar-refractivity contribution is 7.95. The van der Waals surface area contributed by atoms with Gasteiger partial charge < -0.3 is 0 Å². The van der Waals surface area contributed by atoms with Crippen molar-refractivity contribution in [2.24, 2.45) is 0 Å². The van der Waals surface area contributed by atoms with Crippen LogP contribution in [0.3, 0.4) is 0 Å². The third-order valence-electron chi connectivity index (χ3n) is 2.80. The van der Waals surface area contributed by atoms with Crippen LogP contribution in [0.15, 0.2) is 60.0 Å². The molecule has 5 heteroatoms. The van der Waals surface area contributed by atoms with Crippen LogP contribution in [-0.2, 0) is 10.0 Å². The molecule has 0 unspecified atom stereocenters. The summed E-state index contributed by atoms with van der Waals surface area (Å²) >= 11 is 0. The maximum absolute atomic E-state index is 12.0. The average Bonchev–Trinajstić information content (AvgIpc) is 2.46. The topological polar surface area (TPSA) is 63.2 Å². The van der Waals surface area contributed by atoms with Crippen LogP contribution in [-0.4, -0.2) is 14.2 Å². The van der Waals surface area contributed by atoms with Crippen molar-refractivity contribution in [3.63, 3.8) is 0 Å². The number of hydrogen-bond acceptors (Lipinski definition) is 3. The van der Waals surface area contributed by atoms with Gasteiger partial charge in [0, 0.05) is 5.56 Å². The van der Waals surface area contributed by atoms with Crippen molar-refractivity contribution in [3.8, 4) is 0 Å². The highest BCUT2D eigenvalue weighted by atomic mass is 32.2. The quantitative estimate of drug-likeness (QED) is 0.862. The zero-order valence-electron chi connectivity index (χ0n) is 11.5. The fraction of sp³-hybridized carbons (Fsp3) is 0.0625. The van der Waals surface area contributed by atoms with Crippen molar-refractivity contribution in [1.82, 2.24) is 0 Å². The van der Waals surface area contributed by atoms with Crippen molar-refractivity contribution >= 4 is 27.6 Å². The standard InChI is InChI=1S/C16H15NO3S/c1-13(18)15-9-5-6-10-16(15)17-21(19,20)12-11-14-7-3-2-4-8-14/h2-12,17H,1H3. The Morgan fingerprint density at radius 1 is 1.00 bits per heavy atom. The maximum atomic E-state index is 12.0. The molecule has 0 radical (unpaired) electrons. The highest BCUT2D eigenvalue weighted by Gasteiger charge is 2.11. The lowest BCUT2D eigenvalue weighted by Gasteiger charge is -2.08. The Kier molecular flexibility index (Phi) is 4.55. The predicted molar refractivity (Wildman–Crippen MR) is 84.5 cm³/mol. The largest absolute Gasteiger partial charge is 0.294 e. The minimum atomic E-state index is -3.67. The number of para-hydroxylation sites is 1. The molecule has 108 valence electrons. The molecule has 0 atom stereocenters. The molecule has 2 aromatic carbocycles. The van der Waals surface area contributed by atoms with Gasteiger partial charge in [-0.05, 0) is 30.7 Å². The molecule has 2 rings (SSSR count). The van der Waals surface area contributed by atoms with Gasteiger partial charge in [-0.1, -0.05) is 42.5 Å². The van der Waals surface area contributed by atoms with Crippen LogP contribution in [0.1, 0.15) is 22.8 Å². The Balaban J connectivity index is 2.23. The van der Waals surface area contributed by atoms with E-state index in [0.29, 0.717) is 5.56 Å². The monoisotopic (exact) mass is 301 g/mol. The number of nitrogens with one attached hydrogen (secondary N) is 1. The molecular formula is C16H15NO3S. The normalized spacial score (nSPS) is 11.5. The summed E-state index contributed by atoms with van der Waals surface area (Å²) in [5.74, 6) is -0.194. The molecule has 0 aromatic heterocycles. The fourth-order valence-corrected chi connectivity index (χ4v) is 2.69. The smallest absolute Gasteiger partial charge is 0.255 e. The number of ketones is 1. The number of carbonyl (C=O) groups excluding carboxylic acids is 1. The van der Waals surface area contributed by atoms with Gasteiger partial charge in [-0.15, -0.1) is 0 Å². The lowest BCUT2D eigenvalue weighted by molar-refractivity contribution is 0.101. The summed E-state index contributed by atoms with van der Waals surface area (Å²) in [5.41, 5.74) is 1.40. The Labute approximate surface area is 124 Å². The molecule has 0 fully saturated rings. The molecule has 21 heavy (non-hydrogen) atoms. The number of hydrogen-bond donors (Lipinski definition) is 1. The van der Waals surface area contributed by atoms with Crippen molar-refractivity contribution in [3.05, 3.63) is 71.1 Å². The van der Waals surface area contributed by atoms with E-state index in [1.54, 1.807) is 36.4 Å². The molecule has 0 aliphatic carbocycles. The highest BCUT2D eigenvalue weighted by Crippen LogP contribution is 2.17. The van der Waals surface area contributed by atoms with Crippen LogP contribution >= 0.6 is 0 Å². The predicted octanol–water partition coefficient (Wildman–Crippen LogP) is 3.30. The average molecular weight is 301 g/mol. The van der Waals surface area contributed by atoms with E-state index in [9.17, 15) is 13.2 Å². The van der Waals surface area contributed by atoms with Crippen molar-refractivity contribution in [1.29, 1.82) is 0 Å². The molecule has 0 saturated carbocycles. The SMILES string of the molecule is CC(=O)c1ccccc1NS(=O)(=O)C=Cc1ccccc1. The molecule has 0 saturated heterocycles. The van der Waals surface area contributed by atoms with E-state index in [4.69, 9.17) is 0 Å². The van der Waals surface area contributed by atoms with Gasteiger partial charge in [0.1, 0.15) is 0 Å². The molecule has 0 spiro atoms. The number of sulfonamides is 1. The van der Waals surface area contributed by atoms with E-state index in [1.165, 1.54) is 13.0 Å². The van der Waals surface area contributed by atoms with Gasteiger partial charge in [0.25, 0.3) is 10.0 Å². The number of rotatable bonds is 5. The van der Waals surface area contributed by atoms with Crippen LogP contribution < -0.4 is 4.72 Å². The van der Waals surface area contributed by atoms with Gasteiger partial charge >= 0.3 is 0 Å². The van der Waals surface area contributed by atoms with E-state index in [-0.39, 0.29) is 11.5 Å². The van der Waals surface area contributed by atoms with Crippen LogP contribution in [0.4, 0.5) is 5.69 Å². The lowest BCUT2D eigenvalue weighted by Crippen LogP contribution is -2.11. The maximum Gasteiger partial charge on any atom is 0.255 e. The molecule has 0 amide bonds. The zero-order chi connectivity index (χ0) is 15.3. The van der Waals surface area contributed by atoms with Gasteiger partial charge in [0.15, 0.2) is 5.78 Å². The van der Waals surface area contributed by atoms with E-state index in [1.807, 2.05) is 18.2 Å². The number of carbonyl (C=O) groups is 1. The first-order valence-electron chi connectivity index (χ1n) is 6.34. The summed E-state index contributed by atoms with van der Waals surface area (Å²) < 4.78 is 26.5. The van der Waals surface area contributed by atoms with Gasteiger partial charge in [0.05, 0.1) is 11.1 Å². The summed E-state index contributed by atoms with van der Waals surface area (Å²) in [5, 5.41) is 1.08. The third kappa shape index (κ3) is 4.29. The minimum absolute atomic E-state index is 0.194. The summed E-state index contributed by atoms with van der Waals surface area (Å²) in [4.78, 5) is 11.5. The second-order valence-electron chi connectivity index (χ2n) is 4.46. The number of anilines is 1. The van der Waals surface area contributed by atoms with Crippen molar-refractivity contribution in [2.75, 3.05) is 4.72 Å². The molecular weight excluding hydrogens is 286 g/mol. The van der Waals surface area contributed by atoms with Gasteiger partial charge in [-0.25, -0.2) is 8.42 Å². The Morgan fingerprint density at radius 3 is 2.29 bits per heavy atom. The van der Waals surface area contributed by atoms with Gasteiger partial charge in [-0.2, -0.15) is 0 Å². The molecule has 1 N–H and O–H groups in total. The van der Waals surface area contributed by atoms with E-state index >= 15 is 0 Å². The summed E-state index contributed by atoms with van der Waals surface area (Å²) in [6, 6.07) is 15.6. The summed E-state index contributed by atoms with van der Waals surface area (Å²) in [6.07, 6.45) is 1.50.